The van der Waals surface area contributed by atoms with E-state index in [9.17, 15) is 4.39 Å². The number of nitrogens with zero attached hydrogens (tertiary/aromatic N) is 2. The molecule has 0 bridgehead atoms. The van der Waals surface area contributed by atoms with Gasteiger partial charge in [0.1, 0.15) is 6.67 Å². The molecule has 0 radical (unpaired) electrons. The van der Waals surface area contributed by atoms with E-state index in [4.69, 9.17) is 16.9 Å². The molecule has 1 aliphatic rings. The van der Waals surface area contributed by atoms with Crippen LogP contribution < -0.4 is 10.6 Å². The van der Waals surface area contributed by atoms with Crippen LogP contribution in [-0.2, 0) is 6.42 Å². The van der Waals surface area contributed by atoms with Gasteiger partial charge in [-0.3, -0.25) is 0 Å². The first-order valence-corrected chi connectivity index (χ1v) is 6.94. The predicted molar refractivity (Wildman–Crippen MR) is 77.3 cm³/mol. The van der Waals surface area contributed by atoms with Crippen LogP contribution in [0.2, 0.25) is 5.02 Å². The van der Waals surface area contributed by atoms with Crippen LogP contribution in [0.5, 0.6) is 0 Å². The summed E-state index contributed by atoms with van der Waals surface area (Å²) in [7, 11) is 0. The van der Waals surface area contributed by atoms with Crippen LogP contribution >= 0.6 is 11.6 Å². The summed E-state index contributed by atoms with van der Waals surface area (Å²) >= 11 is 6.21. The van der Waals surface area contributed by atoms with E-state index in [1.165, 1.54) is 0 Å². The van der Waals surface area contributed by atoms with Crippen LogP contribution in [0.1, 0.15) is 30.0 Å². The second-order valence-electron chi connectivity index (χ2n) is 4.57. The zero-order valence-electron chi connectivity index (χ0n) is 11.0. The summed E-state index contributed by atoms with van der Waals surface area (Å²) in [5.74, 6) is 0.308. The van der Waals surface area contributed by atoms with Gasteiger partial charge in [0, 0.05) is 11.6 Å². The fourth-order valence-corrected chi connectivity index (χ4v) is 2.73. The van der Waals surface area contributed by atoms with Gasteiger partial charge >= 0.3 is 0 Å². The maximum atomic E-state index is 12.2. The number of aliphatic imine (C=N–C) groups is 1. The largest absolute Gasteiger partial charge is 0.353 e. The van der Waals surface area contributed by atoms with Crippen molar-refractivity contribution in [2.75, 3.05) is 13.2 Å². The third-order valence-corrected chi connectivity index (χ3v) is 3.66. The van der Waals surface area contributed by atoms with Crippen molar-refractivity contribution in [1.82, 2.24) is 10.6 Å². The minimum atomic E-state index is -0.515. The number of nitriles is 1. The van der Waals surface area contributed by atoms with E-state index in [0.29, 0.717) is 5.96 Å². The summed E-state index contributed by atoms with van der Waals surface area (Å²) in [4.78, 5) is 3.65. The van der Waals surface area contributed by atoms with Crippen LogP contribution in [0.4, 0.5) is 4.39 Å². The molecule has 1 aliphatic carbocycles. The summed E-state index contributed by atoms with van der Waals surface area (Å²) in [6.07, 6.45) is 4.61. The second-order valence-corrected chi connectivity index (χ2v) is 4.98. The van der Waals surface area contributed by atoms with E-state index in [1.54, 1.807) is 6.19 Å². The Morgan fingerprint density at radius 3 is 3.15 bits per heavy atom. The lowest BCUT2D eigenvalue weighted by Gasteiger charge is -2.28. The quantitative estimate of drug-likeness (QED) is 0.512. The summed E-state index contributed by atoms with van der Waals surface area (Å²) in [6, 6.07) is 5.86. The zero-order valence-corrected chi connectivity index (χ0v) is 11.8. The smallest absolute Gasteiger partial charge is 0.209 e. The predicted octanol–water partition coefficient (Wildman–Crippen LogP) is 2.70. The van der Waals surface area contributed by atoms with Gasteiger partial charge in [-0.15, -0.1) is 4.99 Å². The number of hydrogen-bond donors (Lipinski definition) is 2. The average Bonchev–Trinajstić information content (AvgIpc) is 2.46. The molecule has 20 heavy (non-hydrogen) atoms. The number of halogens is 2. The molecule has 106 valence electrons. The molecule has 1 aromatic carbocycles. The lowest BCUT2D eigenvalue weighted by molar-refractivity contribution is 0.481. The molecular weight excluding hydrogens is 279 g/mol. The first kappa shape index (κ1) is 14.6. The Kier molecular flexibility index (Phi) is 5.19. The first-order valence-electron chi connectivity index (χ1n) is 6.56. The van der Waals surface area contributed by atoms with Crippen LogP contribution in [0.3, 0.4) is 0 Å². The van der Waals surface area contributed by atoms with Crippen molar-refractivity contribution in [1.29, 1.82) is 5.26 Å². The van der Waals surface area contributed by atoms with Crippen LogP contribution in [0.15, 0.2) is 23.2 Å². The Morgan fingerprint density at radius 2 is 2.40 bits per heavy atom. The van der Waals surface area contributed by atoms with E-state index < -0.39 is 6.67 Å². The standard InChI is InChI=1S/C14H16ClFN4/c15-12-5-1-4-11-10(12)3-2-6-13(11)20-14(19-9-17)18-8-7-16/h1,4-5,13H,2-3,6-8H2,(H2,18,19,20). The number of fused-ring (bicyclic) bond motifs is 1. The molecule has 0 saturated carbocycles. The highest BCUT2D eigenvalue weighted by molar-refractivity contribution is 6.31. The Bertz CT molecular complexity index is 538. The van der Waals surface area contributed by atoms with E-state index in [0.717, 1.165) is 35.4 Å². The van der Waals surface area contributed by atoms with Gasteiger partial charge in [0.2, 0.25) is 12.2 Å². The minimum Gasteiger partial charge on any atom is -0.353 e. The number of rotatable bonds is 3. The van der Waals surface area contributed by atoms with Crippen LogP contribution in [0, 0.1) is 11.5 Å². The van der Waals surface area contributed by atoms with Gasteiger partial charge in [-0.2, -0.15) is 5.26 Å². The van der Waals surface area contributed by atoms with Gasteiger partial charge < -0.3 is 10.6 Å². The van der Waals surface area contributed by atoms with Crippen molar-refractivity contribution >= 4 is 17.6 Å². The third kappa shape index (κ3) is 3.40. The van der Waals surface area contributed by atoms with Crippen molar-refractivity contribution in [2.24, 2.45) is 4.99 Å². The highest BCUT2D eigenvalue weighted by atomic mass is 35.5. The Balaban J connectivity index is 2.17. The molecule has 0 spiro atoms. The highest BCUT2D eigenvalue weighted by Gasteiger charge is 2.22. The molecule has 4 nitrogen and oxygen atoms in total. The molecular formula is C14H16ClFN4. The SMILES string of the molecule is N#CN=C(NCCF)NC1CCCc2c(Cl)cccc21. The van der Waals surface area contributed by atoms with Crippen LogP contribution in [-0.4, -0.2) is 19.2 Å². The van der Waals surface area contributed by atoms with Gasteiger partial charge in [0.25, 0.3) is 0 Å². The fourth-order valence-electron chi connectivity index (χ4n) is 2.46. The molecule has 2 rings (SSSR count). The van der Waals surface area contributed by atoms with Crippen molar-refractivity contribution in [3.63, 3.8) is 0 Å². The van der Waals surface area contributed by atoms with Gasteiger partial charge in [-0.05, 0) is 36.5 Å². The summed E-state index contributed by atoms with van der Waals surface area (Å²) in [6.45, 7) is -0.387. The van der Waals surface area contributed by atoms with Crippen molar-refractivity contribution in [2.45, 2.75) is 25.3 Å². The number of alkyl halides is 1. The maximum Gasteiger partial charge on any atom is 0.209 e. The summed E-state index contributed by atoms with van der Waals surface area (Å²) < 4.78 is 12.2. The first-order chi connectivity index (χ1) is 9.76. The molecule has 0 fully saturated rings. The summed E-state index contributed by atoms with van der Waals surface area (Å²) in [5, 5.41) is 15.4. The highest BCUT2D eigenvalue weighted by Crippen LogP contribution is 2.33. The molecule has 1 unspecified atom stereocenters. The van der Waals surface area contributed by atoms with Crippen molar-refractivity contribution < 1.29 is 4.39 Å². The van der Waals surface area contributed by atoms with E-state index in [1.807, 2.05) is 18.2 Å². The number of guanidine groups is 1. The average molecular weight is 295 g/mol. The number of hydrogen-bond acceptors (Lipinski definition) is 2. The van der Waals surface area contributed by atoms with E-state index in [2.05, 4.69) is 15.6 Å². The van der Waals surface area contributed by atoms with Crippen LogP contribution in [0.25, 0.3) is 0 Å². The molecule has 0 heterocycles. The van der Waals surface area contributed by atoms with E-state index in [-0.39, 0.29) is 12.6 Å². The molecule has 6 heteroatoms. The number of benzene rings is 1. The van der Waals surface area contributed by atoms with E-state index >= 15 is 0 Å². The molecule has 0 amide bonds. The minimum absolute atomic E-state index is 0.0386. The zero-order chi connectivity index (χ0) is 14.4. The topological polar surface area (TPSA) is 60.2 Å². The maximum absolute atomic E-state index is 12.2. The van der Waals surface area contributed by atoms with Crippen molar-refractivity contribution in [3.05, 3.63) is 34.3 Å². The Morgan fingerprint density at radius 1 is 1.55 bits per heavy atom. The molecule has 0 aromatic heterocycles. The van der Waals surface area contributed by atoms with Gasteiger partial charge in [-0.25, -0.2) is 4.39 Å². The Labute approximate surface area is 122 Å². The van der Waals surface area contributed by atoms with Gasteiger partial charge in [-0.1, -0.05) is 23.7 Å². The van der Waals surface area contributed by atoms with Gasteiger partial charge in [0.05, 0.1) is 6.04 Å². The third-order valence-electron chi connectivity index (χ3n) is 3.31. The number of nitrogens with one attached hydrogen (secondary N) is 2. The summed E-state index contributed by atoms with van der Waals surface area (Å²) in [5.41, 5.74) is 2.26. The van der Waals surface area contributed by atoms with Gasteiger partial charge in [0.15, 0.2) is 0 Å². The second kappa shape index (κ2) is 7.11. The molecule has 1 atom stereocenters. The lowest BCUT2D eigenvalue weighted by Crippen LogP contribution is -2.41. The normalized spacial score (nSPS) is 18.1. The molecule has 2 N–H and O–H groups in total. The fraction of sp³-hybridized carbons (Fsp3) is 0.429. The molecule has 0 aliphatic heterocycles. The Hall–Kier alpha value is -1.80. The van der Waals surface area contributed by atoms with Crippen molar-refractivity contribution in [3.8, 4) is 6.19 Å². The lowest BCUT2D eigenvalue weighted by atomic mass is 9.88. The monoisotopic (exact) mass is 294 g/mol. The molecule has 1 aromatic rings. The molecule has 0 saturated heterocycles.